The molecule has 0 unspecified atom stereocenters. The van der Waals surface area contributed by atoms with Gasteiger partial charge in [-0.15, -0.1) is 0 Å². The van der Waals surface area contributed by atoms with Crippen LogP contribution in [-0.2, 0) is 4.79 Å². The lowest BCUT2D eigenvalue weighted by Gasteiger charge is -2.19. The van der Waals surface area contributed by atoms with Gasteiger partial charge in [0, 0.05) is 24.8 Å². The van der Waals surface area contributed by atoms with E-state index in [1.165, 1.54) is 19.2 Å². The number of anilines is 1. The maximum absolute atomic E-state index is 13.2. The van der Waals surface area contributed by atoms with Crippen molar-refractivity contribution in [3.63, 3.8) is 0 Å². The molecule has 4 nitrogen and oxygen atoms in total. The molecule has 0 fully saturated rings. The maximum atomic E-state index is 13.2. The van der Waals surface area contributed by atoms with Crippen molar-refractivity contribution in [2.45, 2.75) is 13.8 Å². The number of amides is 1. The molecule has 1 amide bonds. The standard InChI is InChI=1S/C13H19FN2O2/c1-4-16(5-2)13(17)9-15-10-6-7-11(14)12(8-10)18-3/h6-8,15H,4-5,9H2,1-3H3. The lowest BCUT2D eigenvalue weighted by molar-refractivity contribution is -0.128. The number of benzene rings is 1. The molecule has 0 saturated heterocycles. The second kappa shape index (κ2) is 6.83. The van der Waals surface area contributed by atoms with E-state index in [1.54, 1.807) is 11.0 Å². The molecule has 0 spiro atoms. The van der Waals surface area contributed by atoms with Crippen molar-refractivity contribution in [3.8, 4) is 5.75 Å². The third-order valence-electron chi connectivity index (χ3n) is 2.71. The number of likely N-dealkylation sites (N-methyl/N-ethyl adjacent to an activating group) is 1. The third-order valence-corrected chi connectivity index (χ3v) is 2.71. The molecule has 0 heterocycles. The molecular weight excluding hydrogens is 235 g/mol. The molecular formula is C13H19FN2O2. The summed E-state index contributed by atoms with van der Waals surface area (Å²) in [5.41, 5.74) is 0.661. The van der Waals surface area contributed by atoms with Crippen LogP contribution in [0.1, 0.15) is 13.8 Å². The zero-order valence-electron chi connectivity index (χ0n) is 11.0. The average molecular weight is 254 g/mol. The van der Waals surface area contributed by atoms with Gasteiger partial charge in [-0.25, -0.2) is 4.39 Å². The molecule has 0 aliphatic carbocycles. The molecule has 1 aromatic rings. The fourth-order valence-electron chi connectivity index (χ4n) is 1.64. The number of nitrogens with zero attached hydrogens (tertiary/aromatic N) is 1. The van der Waals surface area contributed by atoms with Crippen LogP contribution in [0.5, 0.6) is 5.75 Å². The molecule has 0 atom stereocenters. The first-order valence-electron chi connectivity index (χ1n) is 5.97. The summed E-state index contributed by atoms with van der Waals surface area (Å²) in [6, 6.07) is 4.42. The summed E-state index contributed by atoms with van der Waals surface area (Å²) in [7, 11) is 1.41. The number of carbonyl (C=O) groups excluding carboxylic acids is 1. The molecule has 0 aromatic heterocycles. The molecule has 18 heavy (non-hydrogen) atoms. The second-order valence-electron chi connectivity index (χ2n) is 3.77. The highest BCUT2D eigenvalue weighted by molar-refractivity contribution is 5.80. The molecule has 1 rings (SSSR count). The minimum absolute atomic E-state index is 0.0169. The molecule has 0 aliphatic heterocycles. The summed E-state index contributed by atoms with van der Waals surface area (Å²) < 4.78 is 18.1. The highest BCUT2D eigenvalue weighted by Gasteiger charge is 2.09. The van der Waals surface area contributed by atoms with Gasteiger partial charge in [0.05, 0.1) is 13.7 Å². The molecule has 0 saturated carbocycles. The zero-order chi connectivity index (χ0) is 13.5. The van der Waals surface area contributed by atoms with Crippen LogP contribution < -0.4 is 10.1 Å². The Kier molecular flexibility index (Phi) is 5.42. The van der Waals surface area contributed by atoms with Gasteiger partial charge in [-0.1, -0.05) is 0 Å². The number of carbonyl (C=O) groups is 1. The Bertz CT molecular complexity index is 406. The van der Waals surface area contributed by atoms with Crippen LogP contribution in [0.25, 0.3) is 0 Å². The van der Waals surface area contributed by atoms with Crippen LogP contribution in [0.15, 0.2) is 18.2 Å². The largest absolute Gasteiger partial charge is 0.494 e. The van der Waals surface area contributed by atoms with Gasteiger partial charge >= 0.3 is 0 Å². The van der Waals surface area contributed by atoms with Gasteiger partial charge in [0.25, 0.3) is 0 Å². The predicted molar refractivity (Wildman–Crippen MR) is 69.4 cm³/mol. The quantitative estimate of drug-likeness (QED) is 0.845. The van der Waals surface area contributed by atoms with E-state index in [4.69, 9.17) is 4.74 Å². The van der Waals surface area contributed by atoms with Crippen molar-refractivity contribution < 1.29 is 13.9 Å². The van der Waals surface area contributed by atoms with Crippen LogP contribution >= 0.6 is 0 Å². The Morgan fingerprint density at radius 1 is 1.39 bits per heavy atom. The smallest absolute Gasteiger partial charge is 0.241 e. The van der Waals surface area contributed by atoms with E-state index in [-0.39, 0.29) is 18.2 Å². The predicted octanol–water partition coefficient (Wildman–Crippen LogP) is 2.11. The maximum Gasteiger partial charge on any atom is 0.241 e. The molecule has 0 aliphatic rings. The first kappa shape index (κ1) is 14.3. The Morgan fingerprint density at radius 2 is 2.06 bits per heavy atom. The Labute approximate surface area is 107 Å². The molecule has 100 valence electrons. The monoisotopic (exact) mass is 254 g/mol. The average Bonchev–Trinajstić information content (AvgIpc) is 2.39. The number of nitrogens with one attached hydrogen (secondary N) is 1. The van der Waals surface area contributed by atoms with Gasteiger partial charge in [-0.05, 0) is 26.0 Å². The van der Waals surface area contributed by atoms with Crippen molar-refractivity contribution in [2.24, 2.45) is 0 Å². The highest BCUT2D eigenvalue weighted by Crippen LogP contribution is 2.21. The summed E-state index contributed by atoms with van der Waals surface area (Å²) in [5, 5.41) is 2.96. The molecule has 0 bridgehead atoms. The highest BCUT2D eigenvalue weighted by atomic mass is 19.1. The van der Waals surface area contributed by atoms with Crippen LogP contribution in [0, 0.1) is 5.82 Å². The number of methoxy groups -OCH3 is 1. The first-order chi connectivity index (χ1) is 8.62. The lowest BCUT2D eigenvalue weighted by atomic mass is 10.3. The van der Waals surface area contributed by atoms with Gasteiger partial charge in [-0.2, -0.15) is 0 Å². The fraction of sp³-hybridized carbons (Fsp3) is 0.462. The molecule has 0 radical (unpaired) electrons. The van der Waals surface area contributed by atoms with E-state index < -0.39 is 5.82 Å². The summed E-state index contributed by atoms with van der Waals surface area (Å²) in [5.74, 6) is -0.239. The zero-order valence-corrected chi connectivity index (χ0v) is 11.0. The first-order valence-corrected chi connectivity index (χ1v) is 5.97. The van der Waals surface area contributed by atoms with Crippen LogP contribution in [-0.4, -0.2) is 37.6 Å². The van der Waals surface area contributed by atoms with E-state index in [0.29, 0.717) is 18.8 Å². The van der Waals surface area contributed by atoms with Gasteiger partial charge in [0.15, 0.2) is 11.6 Å². The normalized spacial score (nSPS) is 10.0. The van der Waals surface area contributed by atoms with Crippen molar-refractivity contribution in [2.75, 3.05) is 32.1 Å². The number of rotatable bonds is 6. The Balaban J connectivity index is 2.61. The van der Waals surface area contributed by atoms with Gasteiger partial charge in [-0.3, -0.25) is 4.79 Å². The van der Waals surface area contributed by atoms with E-state index >= 15 is 0 Å². The molecule has 5 heteroatoms. The van der Waals surface area contributed by atoms with E-state index in [0.717, 1.165) is 0 Å². The number of ether oxygens (including phenoxy) is 1. The SMILES string of the molecule is CCN(CC)C(=O)CNc1ccc(F)c(OC)c1. The Hall–Kier alpha value is -1.78. The summed E-state index contributed by atoms with van der Waals surface area (Å²) in [6.45, 7) is 5.43. The van der Waals surface area contributed by atoms with E-state index in [2.05, 4.69) is 5.32 Å². The van der Waals surface area contributed by atoms with E-state index in [9.17, 15) is 9.18 Å². The van der Waals surface area contributed by atoms with Gasteiger partial charge < -0.3 is 15.0 Å². The summed E-state index contributed by atoms with van der Waals surface area (Å²) >= 11 is 0. The molecule has 1 N–H and O–H groups in total. The number of halogens is 1. The van der Waals surface area contributed by atoms with Crippen LogP contribution in [0.3, 0.4) is 0 Å². The van der Waals surface area contributed by atoms with Crippen LogP contribution in [0.2, 0.25) is 0 Å². The van der Waals surface area contributed by atoms with Gasteiger partial charge in [0.1, 0.15) is 0 Å². The minimum atomic E-state index is -0.418. The summed E-state index contributed by atoms with van der Waals surface area (Å²) in [4.78, 5) is 13.5. The number of hydrogen-bond donors (Lipinski definition) is 1. The number of hydrogen-bond acceptors (Lipinski definition) is 3. The van der Waals surface area contributed by atoms with Crippen molar-refractivity contribution in [1.29, 1.82) is 0 Å². The van der Waals surface area contributed by atoms with Crippen molar-refractivity contribution in [3.05, 3.63) is 24.0 Å². The van der Waals surface area contributed by atoms with E-state index in [1.807, 2.05) is 13.8 Å². The van der Waals surface area contributed by atoms with Gasteiger partial charge in [0.2, 0.25) is 5.91 Å². The topological polar surface area (TPSA) is 41.6 Å². The molecule has 1 aromatic carbocycles. The second-order valence-corrected chi connectivity index (χ2v) is 3.77. The van der Waals surface area contributed by atoms with Crippen molar-refractivity contribution >= 4 is 11.6 Å². The Morgan fingerprint density at radius 3 is 2.61 bits per heavy atom. The minimum Gasteiger partial charge on any atom is -0.494 e. The lowest BCUT2D eigenvalue weighted by Crippen LogP contribution is -2.35. The summed E-state index contributed by atoms with van der Waals surface area (Å²) in [6.07, 6.45) is 0. The van der Waals surface area contributed by atoms with Crippen molar-refractivity contribution in [1.82, 2.24) is 4.90 Å². The van der Waals surface area contributed by atoms with Crippen LogP contribution in [0.4, 0.5) is 10.1 Å². The third kappa shape index (κ3) is 3.61. The fourth-order valence-corrected chi connectivity index (χ4v) is 1.64.